The van der Waals surface area contributed by atoms with Crippen molar-refractivity contribution in [1.29, 1.82) is 0 Å². The normalized spacial score (nSPS) is 12.4. The molecule has 0 aliphatic heterocycles. The number of phenolic OH excluding ortho intramolecular Hbond substituents is 2. The molecule has 6 aromatic carbocycles. The van der Waals surface area contributed by atoms with Crippen molar-refractivity contribution >= 4 is 76.2 Å². The molecule has 0 saturated heterocycles. The highest BCUT2D eigenvalue weighted by atomic mass is 16.3. The summed E-state index contributed by atoms with van der Waals surface area (Å²) in [5.41, 5.74) is 2.93. The highest BCUT2D eigenvalue weighted by molar-refractivity contribution is 6.37. The zero-order valence-corrected chi connectivity index (χ0v) is 17.8. The number of aromatic hydroxyl groups is 2. The van der Waals surface area contributed by atoms with Crippen LogP contribution in [0, 0.1) is 0 Å². The molecule has 160 valence electrons. The summed E-state index contributed by atoms with van der Waals surface area (Å²) in [6.07, 6.45) is 0. The SMILES string of the molecule is Oc1cc2c(oc3c4ccccc4c4oc5c6ccccc6c(O)cc5c4c23)c2ccccc12. The molecule has 34 heavy (non-hydrogen) atoms. The zero-order valence-electron chi connectivity index (χ0n) is 17.8. The van der Waals surface area contributed by atoms with Crippen molar-refractivity contribution in [3.63, 3.8) is 0 Å². The first-order valence-electron chi connectivity index (χ1n) is 11.2. The third-order valence-corrected chi connectivity index (χ3v) is 7.01. The molecule has 8 rings (SSSR count). The van der Waals surface area contributed by atoms with E-state index in [4.69, 9.17) is 8.83 Å². The Kier molecular flexibility index (Phi) is 3.14. The molecule has 4 heteroatoms. The van der Waals surface area contributed by atoms with Crippen molar-refractivity contribution in [2.24, 2.45) is 0 Å². The number of benzene rings is 6. The van der Waals surface area contributed by atoms with Gasteiger partial charge >= 0.3 is 0 Å². The summed E-state index contributed by atoms with van der Waals surface area (Å²) < 4.78 is 13.1. The van der Waals surface area contributed by atoms with Gasteiger partial charge in [-0.3, -0.25) is 0 Å². The van der Waals surface area contributed by atoms with Crippen LogP contribution in [0.25, 0.3) is 76.2 Å². The number of hydrogen-bond donors (Lipinski definition) is 2. The molecule has 0 aliphatic rings. The van der Waals surface area contributed by atoms with E-state index in [1.165, 1.54) is 0 Å². The summed E-state index contributed by atoms with van der Waals surface area (Å²) in [6.45, 7) is 0. The second kappa shape index (κ2) is 6.00. The van der Waals surface area contributed by atoms with E-state index in [1.807, 2.05) is 72.8 Å². The van der Waals surface area contributed by atoms with Crippen molar-refractivity contribution in [3.8, 4) is 11.5 Å². The van der Waals surface area contributed by atoms with Crippen LogP contribution in [-0.4, -0.2) is 10.2 Å². The van der Waals surface area contributed by atoms with Crippen LogP contribution in [0.15, 0.2) is 93.8 Å². The van der Waals surface area contributed by atoms with Gasteiger partial charge < -0.3 is 19.0 Å². The second-order valence-corrected chi connectivity index (χ2v) is 8.79. The van der Waals surface area contributed by atoms with Gasteiger partial charge in [0, 0.05) is 53.9 Å². The molecule has 2 aromatic heterocycles. The van der Waals surface area contributed by atoms with Gasteiger partial charge in [0.1, 0.15) is 33.8 Å². The van der Waals surface area contributed by atoms with Crippen LogP contribution in [0.1, 0.15) is 0 Å². The van der Waals surface area contributed by atoms with Crippen LogP contribution in [0.2, 0.25) is 0 Å². The molecule has 0 unspecified atom stereocenters. The van der Waals surface area contributed by atoms with Gasteiger partial charge in [0.2, 0.25) is 0 Å². The Morgan fingerprint density at radius 2 is 0.706 bits per heavy atom. The number of phenols is 2. The first-order chi connectivity index (χ1) is 16.7. The Hall–Kier alpha value is -4.70. The third kappa shape index (κ3) is 2.04. The number of rotatable bonds is 0. The standard InChI is InChI=1S/C30H16O4/c31-23-13-21-25-26-22-14-24(32)16-8-2-4-10-18(16)28(22)34-30(26)20-12-6-5-11-19(20)29(25)33-27(21)17-9-3-1-7-15(17)23/h1-14,31-32H. The first-order valence-corrected chi connectivity index (χ1v) is 11.2. The van der Waals surface area contributed by atoms with Gasteiger partial charge in [-0.25, -0.2) is 0 Å². The molecule has 0 bridgehead atoms. The van der Waals surface area contributed by atoms with E-state index >= 15 is 0 Å². The maximum absolute atomic E-state index is 10.9. The lowest BCUT2D eigenvalue weighted by atomic mass is 9.97. The van der Waals surface area contributed by atoms with Crippen LogP contribution in [-0.2, 0) is 0 Å². The summed E-state index contributed by atoms with van der Waals surface area (Å²) in [6, 6.07) is 27.0. The van der Waals surface area contributed by atoms with Crippen LogP contribution in [0.5, 0.6) is 11.5 Å². The molecule has 0 fully saturated rings. The predicted molar refractivity (Wildman–Crippen MR) is 137 cm³/mol. The number of furan rings is 2. The third-order valence-electron chi connectivity index (χ3n) is 7.01. The zero-order chi connectivity index (χ0) is 22.6. The van der Waals surface area contributed by atoms with Crippen LogP contribution in [0.4, 0.5) is 0 Å². The fourth-order valence-corrected chi connectivity index (χ4v) is 5.56. The van der Waals surface area contributed by atoms with Crippen LogP contribution in [0.3, 0.4) is 0 Å². The molecular weight excluding hydrogens is 424 g/mol. The van der Waals surface area contributed by atoms with Gasteiger partial charge in [-0.15, -0.1) is 0 Å². The predicted octanol–water partition coefficient (Wildman–Crippen LogP) is 8.36. The van der Waals surface area contributed by atoms with Crippen molar-refractivity contribution in [1.82, 2.24) is 0 Å². The molecule has 4 nitrogen and oxygen atoms in total. The van der Waals surface area contributed by atoms with E-state index in [1.54, 1.807) is 12.1 Å². The molecule has 2 N–H and O–H groups in total. The number of fused-ring (bicyclic) bond motifs is 14. The van der Waals surface area contributed by atoms with E-state index in [0.29, 0.717) is 0 Å². The van der Waals surface area contributed by atoms with Crippen molar-refractivity contribution in [2.45, 2.75) is 0 Å². The molecule has 0 saturated carbocycles. The van der Waals surface area contributed by atoms with Gasteiger partial charge in [-0.1, -0.05) is 72.8 Å². The smallest absolute Gasteiger partial charge is 0.144 e. The fourth-order valence-electron chi connectivity index (χ4n) is 5.56. The Bertz CT molecular complexity index is 1990. The minimum Gasteiger partial charge on any atom is -0.507 e. The summed E-state index contributed by atoms with van der Waals surface area (Å²) in [4.78, 5) is 0. The molecule has 2 heterocycles. The first kappa shape index (κ1) is 17.8. The molecule has 8 aromatic rings. The average Bonchev–Trinajstić information content (AvgIpc) is 3.44. The highest BCUT2D eigenvalue weighted by Crippen LogP contribution is 2.49. The van der Waals surface area contributed by atoms with Crippen molar-refractivity contribution < 1.29 is 19.0 Å². The van der Waals surface area contributed by atoms with E-state index in [0.717, 1.165) is 76.2 Å². The highest BCUT2D eigenvalue weighted by Gasteiger charge is 2.24. The van der Waals surface area contributed by atoms with Gasteiger partial charge in [-0.05, 0) is 12.1 Å². The molecular formula is C30H16O4. The minimum absolute atomic E-state index is 0.202. The van der Waals surface area contributed by atoms with Crippen molar-refractivity contribution in [2.75, 3.05) is 0 Å². The van der Waals surface area contributed by atoms with E-state index in [2.05, 4.69) is 0 Å². The summed E-state index contributed by atoms with van der Waals surface area (Å²) in [5.74, 6) is 0.404. The second-order valence-electron chi connectivity index (χ2n) is 8.79. The van der Waals surface area contributed by atoms with Gasteiger partial charge in [0.15, 0.2) is 0 Å². The summed E-state index contributed by atoms with van der Waals surface area (Å²) in [7, 11) is 0. The Balaban J connectivity index is 1.75. The van der Waals surface area contributed by atoms with Crippen LogP contribution < -0.4 is 0 Å². The Labute approximate surface area is 191 Å². The molecule has 0 atom stereocenters. The molecule has 0 radical (unpaired) electrons. The largest absolute Gasteiger partial charge is 0.507 e. The van der Waals surface area contributed by atoms with E-state index in [-0.39, 0.29) is 11.5 Å². The summed E-state index contributed by atoms with van der Waals surface area (Å²) in [5, 5.41) is 30.2. The lowest BCUT2D eigenvalue weighted by molar-refractivity contribution is 0.481. The topological polar surface area (TPSA) is 66.7 Å². The number of hydrogen-bond acceptors (Lipinski definition) is 4. The Morgan fingerprint density at radius 3 is 1.09 bits per heavy atom. The fraction of sp³-hybridized carbons (Fsp3) is 0. The summed E-state index contributed by atoms with van der Waals surface area (Å²) >= 11 is 0. The van der Waals surface area contributed by atoms with Gasteiger partial charge in [0.25, 0.3) is 0 Å². The lowest BCUT2D eigenvalue weighted by Gasteiger charge is -2.03. The molecule has 0 aliphatic carbocycles. The van der Waals surface area contributed by atoms with E-state index in [9.17, 15) is 10.2 Å². The lowest BCUT2D eigenvalue weighted by Crippen LogP contribution is -1.78. The maximum Gasteiger partial charge on any atom is 0.144 e. The van der Waals surface area contributed by atoms with Crippen LogP contribution >= 0.6 is 0 Å². The minimum atomic E-state index is 0.202. The molecule has 0 amide bonds. The quantitative estimate of drug-likeness (QED) is 0.249. The van der Waals surface area contributed by atoms with E-state index < -0.39 is 0 Å². The average molecular weight is 440 g/mol. The monoisotopic (exact) mass is 440 g/mol. The van der Waals surface area contributed by atoms with Crippen molar-refractivity contribution in [3.05, 3.63) is 84.9 Å². The Morgan fingerprint density at radius 1 is 0.382 bits per heavy atom. The van der Waals surface area contributed by atoms with Gasteiger partial charge in [-0.2, -0.15) is 0 Å². The molecule has 0 spiro atoms. The van der Waals surface area contributed by atoms with Gasteiger partial charge in [0.05, 0.1) is 0 Å². The maximum atomic E-state index is 10.9.